The molecule has 0 aliphatic heterocycles. The van der Waals surface area contributed by atoms with Crippen LogP contribution in [0, 0.1) is 5.92 Å². The van der Waals surface area contributed by atoms with E-state index in [1.165, 1.54) is 6.92 Å². The molecule has 1 aromatic carbocycles. The second-order valence-electron chi connectivity index (χ2n) is 5.06. The summed E-state index contributed by atoms with van der Waals surface area (Å²) in [5.41, 5.74) is 0.0311. The van der Waals surface area contributed by atoms with Crippen molar-refractivity contribution >= 4 is 5.78 Å². The van der Waals surface area contributed by atoms with Gasteiger partial charge in [-0.1, -0.05) is 24.3 Å². The van der Waals surface area contributed by atoms with E-state index in [1.54, 1.807) is 31.2 Å². The van der Waals surface area contributed by atoms with Gasteiger partial charge in [-0.2, -0.15) is 0 Å². The van der Waals surface area contributed by atoms with E-state index in [2.05, 4.69) is 0 Å². The zero-order chi connectivity index (χ0) is 12.6. The SMILES string of the molecule is CC(=O)c1ccc([C@](C)(O)C(O)C2CC2)cc1. The van der Waals surface area contributed by atoms with Crippen LogP contribution in [0.4, 0.5) is 0 Å². The lowest BCUT2D eigenvalue weighted by atomic mass is 9.87. The topological polar surface area (TPSA) is 57.5 Å². The van der Waals surface area contributed by atoms with Gasteiger partial charge >= 0.3 is 0 Å². The highest BCUT2D eigenvalue weighted by Gasteiger charge is 2.42. The maximum atomic E-state index is 11.1. The van der Waals surface area contributed by atoms with Gasteiger partial charge in [0.15, 0.2) is 5.78 Å². The van der Waals surface area contributed by atoms with Gasteiger partial charge < -0.3 is 10.2 Å². The monoisotopic (exact) mass is 234 g/mol. The van der Waals surface area contributed by atoms with Crippen LogP contribution < -0.4 is 0 Å². The van der Waals surface area contributed by atoms with Gasteiger partial charge in [0.25, 0.3) is 0 Å². The van der Waals surface area contributed by atoms with Crippen LogP contribution in [-0.2, 0) is 5.60 Å². The first-order valence-corrected chi connectivity index (χ1v) is 5.95. The second kappa shape index (κ2) is 4.24. The highest BCUT2D eigenvalue weighted by molar-refractivity contribution is 5.94. The summed E-state index contributed by atoms with van der Waals surface area (Å²) in [6.07, 6.45) is 1.22. The Hall–Kier alpha value is -1.19. The van der Waals surface area contributed by atoms with Crippen LogP contribution in [0.1, 0.15) is 42.6 Å². The van der Waals surface area contributed by atoms with Crippen LogP contribution in [0.15, 0.2) is 24.3 Å². The fourth-order valence-electron chi connectivity index (χ4n) is 2.08. The summed E-state index contributed by atoms with van der Waals surface area (Å²) in [5, 5.41) is 20.4. The van der Waals surface area contributed by atoms with Crippen LogP contribution in [0.3, 0.4) is 0 Å². The smallest absolute Gasteiger partial charge is 0.159 e. The molecule has 3 nitrogen and oxygen atoms in total. The first kappa shape index (κ1) is 12.3. The van der Waals surface area contributed by atoms with E-state index in [0.717, 1.165) is 12.8 Å². The number of benzene rings is 1. The first-order valence-electron chi connectivity index (χ1n) is 5.95. The molecule has 0 spiro atoms. The number of carbonyl (C=O) groups is 1. The molecule has 1 fully saturated rings. The lowest BCUT2D eigenvalue weighted by molar-refractivity contribution is -0.0770. The van der Waals surface area contributed by atoms with Crippen LogP contribution in [0.2, 0.25) is 0 Å². The Balaban J connectivity index is 2.23. The fourth-order valence-corrected chi connectivity index (χ4v) is 2.08. The minimum atomic E-state index is -1.24. The molecule has 2 N–H and O–H groups in total. The van der Waals surface area contributed by atoms with E-state index in [0.29, 0.717) is 11.1 Å². The predicted octanol–water partition coefficient (Wildman–Crippen LogP) is 1.87. The molecular formula is C14H18O3. The molecule has 2 rings (SSSR count). The van der Waals surface area contributed by atoms with E-state index >= 15 is 0 Å². The van der Waals surface area contributed by atoms with Crippen LogP contribution in [-0.4, -0.2) is 22.1 Å². The average Bonchev–Trinajstić information content (AvgIpc) is 3.12. The van der Waals surface area contributed by atoms with Crippen molar-refractivity contribution in [3.63, 3.8) is 0 Å². The number of hydrogen-bond donors (Lipinski definition) is 2. The molecule has 0 heterocycles. The standard InChI is InChI=1S/C14H18O3/c1-9(15)10-5-7-12(8-6-10)14(2,17)13(16)11-3-4-11/h5-8,11,13,16-17H,3-4H2,1-2H3/t13?,14-/m0/s1. The molecule has 1 aliphatic rings. The molecule has 1 unspecified atom stereocenters. The molecule has 1 aliphatic carbocycles. The third kappa shape index (κ3) is 2.40. The summed E-state index contributed by atoms with van der Waals surface area (Å²) >= 11 is 0. The van der Waals surface area contributed by atoms with Crippen molar-refractivity contribution in [2.24, 2.45) is 5.92 Å². The van der Waals surface area contributed by atoms with Gasteiger partial charge in [0.2, 0.25) is 0 Å². The van der Waals surface area contributed by atoms with Gasteiger partial charge in [-0.25, -0.2) is 0 Å². The fraction of sp³-hybridized carbons (Fsp3) is 0.500. The van der Waals surface area contributed by atoms with Crippen molar-refractivity contribution in [1.29, 1.82) is 0 Å². The largest absolute Gasteiger partial charge is 0.389 e. The summed E-state index contributed by atoms with van der Waals surface area (Å²) in [6.45, 7) is 3.13. The zero-order valence-electron chi connectivity index (χ0n) is 10.2. The van der Waals surface area contributed by atoms with Crippen LogP contribution in [0.5, 0.6) is 0 Å². The third-order valence-electron chi connectivity index (χ3n) is 3.52. The minimum Gasteiger partial charge on any atom is -0.389 e. The Morgan fingerprint density at radius 3 is 2.29 bits per heavy atom. The summed E-state index contributed by atoms with van der Waals surface area (Å²) in [5.74, 6) is 0.205. The Kier molecular flexibility index (Phi) is 3.06. The van der Waals surface area contributed by atoms with Gasteiger partial charge in [0.05, 0.1) is 6.10 Å². The van der Waals surface area contributed by atoms with E-state index in [1.807, 2.05) is 0 Å². The van der Waals surface area contributed by atoms with Gasteiger partial charge in [0.1, 0.15) is 5.60 Å². The van der Waals surface area contributed by atoms with Crippen LogP contribution >= 0.6 is 0 Å². The molecule has 92 valence electrons. The van der Waals surface area contributed by atoms with Crippen molar-refractivity contribution in [1.82, 2.24) is 0 Å². The van der Waals surface area contributed by atoms with E-state index < -0.39 is 11.7 Å². The summed E-state index contributed by atoms with van der Waals surface area (Å²) in [4.78, 5) is 11.1. The predicted molar refractivity (Wildman–Crippen MR) is 64.7 cm³/mol. The summed E-state index contributed by atoms with van der Waals surface area (Å²) in [6, 6.07) is 6.79. The number of Topliss-reactive ketones (excluding diaryl/α,β-unsaturated/α-hetero) is 1. The average molecular weight is 234 g/mol. The molecule has 1 saturated carbocycles. The first-order chi connectivity index (χ1) is 7.93. The minimum absolute atomic E-state index is 0.000987. The molecule has 0 aromatic heterocycles. The Labute approximate surface area is 101 Å². The summed E-state index contributed by atoms with van der Waals surface area (Å²) in [7, 11) is 0. The number of aliphatic hydroxyl groups excluding tert-OH is 1. The molecule has 3 heteroatoms. The van der Waals surface area contributed by atoms with Crippen molar-refractivity contribution in [3.05, 3.63) is 35.4 Å². The normalized spacial score (nSPS) is 20.7. The Bertz CT molecular complexity index is 416. The zero-order valence-corrected chi connectivity index (χ0v) is 10.2. The maximum absolute atomic E-state index is 11.1. The number of aliphatic hydroxyl groups is 2. The van der Waals surface area contributed by atoms with Gasteiger partial charge in [-0.05, 0) is 38.2 Å². The van der Waals surface area contributed by atoms with Crippen molar-refractivity contribution in [3.8, 4) is 0 Å². The maximum Gasteiger partial charge on any atom is 0.159 e. The Morgan fingerprint density at radius 1 is 1.35 bits per heavy atom. The molecular weight excluding hydrogens is 216 g/mol. The molecule has 17 heavy (non-hydrogen) atoms. The van der Waals surface area contributed by atoms with E-state index in [9.17, 15) is 15.0 Å². The third-order valence-corrected chi connectivity index (χ3v) is 3.52. The molecule has 1 aromatic rings. The molecule has 0 saturated heterocycles. The van der Waals surface area contributed by atoms with Crippen molar-refractivity contribution in [2.45, 2.75) is 38.4 Å². The highest BCUT2D eigenvalue weighted by Crippen LogP contribution is 2.40. The van der Waals surface area contributed by atoms with Gasteiger partial charge in [0, 0.05) is 5.56 Å². The molecule has 2 atom stereocenters. The van der Waals surface area contributed by atoms with Crippen molar-refractivity contribution < 1.29 is 15.0 Å². The lowest BCUT2D eigenvalue weighted by Crippen LogP contribution is -2.38. The Morgan fingerprint density at radius 2 is 1.88 bits per heavy atom. The van der Waals surface area contributed by atoms with E-state index in [4.69, 9.17) is 0 Å². The number of ketones is 1. The van der Waals surface area contributed by atoms with Gasteiger partial charge in [-0.15, -0.1) is 0 Å². The molecule has 0 amide bonds. The highest BCUT2D eigenvalue weighted by atomic mass is 16.3. The van der Waals surface area contributed by atoms with Crippen LogP contribution in [0.25, 0.3) is 0 Å². The van der Waals surface area contributed by atoms with E-state index in [-0.39, 0.29) is 11.7 Å². The quantitative estimate of drug-likeness (QED) is 0.782. The lowest BCUT2D eigenvalue weighted by Gasteiger charge is -2.29. The summed E-state index contributed by atoms with van der Waals surface area (Å²) < 4.78 is 0. The number of rotatable bonds is 4. The second-order valence-corrected chi connectivity index (χ2v) is 5.06. The van der Waals surface area contributed by atoms with Gasteiger partial charge in [-0.3, -0.25) is 4.79 Å². The van der Waals surface area contributed by atoms with Crippen molar-refractivity contribution in [2.75, 3.05) is 0 Å². The molecule has 0 radical (unpaired) electrons. The number of carbonyl (C=O) groups excluding carboxylic acids is 1. The molecule has 0 bridgehead atoms. The number of hydrogen-bond acceptors (Lipinski definition) is 3.